The topological polar surface area (TPSA) is 108 Å². The molecule has 0 amide bonds. The lowest BCUT2D eigenvalue weighted by atomic mass is 10.3. The standard InChI is InChI=1S/C22H36N8O2.2C2H6/c1-3-19(28-24-14-17-6-7-17)25-20-13-21(31-11-10-30-8-4-5-9-30)27-22(26-20)23-15-18-12-16(2)29-32-18;2*1-2/h12-13,16-17,24,29H,3-11,14-15H2,1-2H3,(H2,23,25,26,27,28);2*1-2H3. The highest BCUT2D eigenvalue weighted by Crippen LogP contribution is 2.27. The molecule has 204 valence electrons. The van der Waals surface area contributed by atoms with Crippen LogP contribution in [0.25, 0.3) is 0 Å². The van der Waals surface area contributed by atoms with Crippen molar-refractivity contribution in [3.8, 4) is 5.88 Å². The summed E-state index contributed by atoms with van der Waals surface area (Å²) in [4.78, 5) is 21.6. The van der Waals surface area contributed by atoms with Crippen molar-refractivity contribution in [3.63, 3.8) is 0 Å². The van der Waals surface area contributed by atoms with Crippen LogP contribution in [0.2, 0.25) is 0 Å². The number of rotatable bonds is 12. The second-order valence-electron chi connectivity index (χ2n) is 8.64. The first-order chi connectivity index (χ1) is 17.7. The van der Waals surface area contributed by atoms with E-state index in [4.69, 9.17) is 14.6 Å². The number of ether oxygens (including phenoxy) is 1. The molecule has 2 fully saturated rings. The molecule has 4 rings (SSSR count). The Bertz CT molecular complexity index is 807. The molecule has 1 saturated carbocycles. The van der Waals surface area contributed by atoms with Crippen molar-refractivity contribution >= 4 is 17.6 Å². The Morgan fingerprint density at radius 1 is 1.19 bits per heavy atom. The number of nitrogens with one attached hydrogen (secondary N) is 4. The van der Waals surface area contributed by atoms with Crippen molar-refractivity contribution in [2.24, 2.45) is 10.9 Å². The minimum atomic E-state index is 0.189. The molecule has 0 aromatic carbocycles. The summed E-state index contributed by atoms with van der Waals surface area (Å²) in [7, 11) is 0. The number of aliphatic imine (C=N–C) groups is 1. The van der Waals surface area contributed by atoms with Crippen molar-refractivity contribution in [2.75, 3.05) is 44.6 Å². The molecule has 4 N–H and O–H groups in total. The van der Waals surface area contributed by atoms with E-state index in [1.54, 1.807) is 6.07 Å². The van der Waals surface area contributed by atoms with Gasteiger partial charge in [0.15, 0.2) is 5.82 Å². The van der Waals surface area contributed by atoms with Crippen LogP contribution in [-0.4, -0.2) is 66.1 Å². The lowest BCUT2D eigenvalue weighted by Crippen LogP contribution is -2.38. The van der Waals surface area contributed by atoms with E-state index in [1.165, 1.54) is 25.7 Å². The SMILES string of the molecule is CC.CC.CC/C(=N\c1cc(OCCN2CCCC2)nc(NCC2=CC(C)NO2)n1)NNCC1CC1. The molecule has 1 unspecified atom stereocenters. The van der Waals surface area contributed by atoms with Crippen LogP contribution in [0.4, 0.5) is 11.8 Å². The van der Waals surface area contributed by atoms with Crippen molar-refractivity contribution in [2.45, 2.75) is 79.7 Å². The van der Waals surface area contributed by atoms with E-state index in [1.807, 2.05) is 40.7 Å². The smallest absolute Gasteiger partial charge is 0.228 e. The van der Waals surface area contributed by atoms with Crippen LogP contribution in [0.1, 0.15) is 73.6 Å². The van der Waals surface area contributed by atoms with E-state index in [0.29, 0.717) is 30.8 Å². The predicted octanol–water partition coefficient (Wildman–Crippen LogP) is 4.17. The van der Waals surface area contributed by atoms with Gasteiger partial charge < -0.3 is 20.3 Å². The van der Waals surface area contributed by atoms with Crippen molar-refractivity contribution in [1.82, 2.24) is 31.2 Å². The number of hydrogen-bond acceptors (Lipinski definition) is 9. The number of amidine groups is 1. The lowest BCUT2D eigenvalue weighted by molar-refractivity contribution is 0.120. The van der Waals surface area contributed by atoms with Crippen LogP contribution in [-0.2, 0) is 4.84 Å². The van der Waals surface area contributed by atoms with Crippen LogP contribution in [0.3, 0.4) is 0 Å². The maximum absolute atomic E-state index is 5.98. The van der Waals surface area contributed by atoms with Gasteiger partial charge in [0.25, 0.3) is 0 Å². The number of likely N-dealkylation sites (tertiary alicyclic amines) is 1. The van der Waals surface area contributed by atoms with E-state index in [0.717, 1.165) is 50.1 Å². The Morgan fingerprint density at radius 3 is 2.58 bits per heavy atom. The quantitative estimate of drug-likeness (QED) is 0.189. The molecule has 1 aliphatic carbocycles. The van der Waals surface area contributed by atoms with Crippen molar-refractivity contribution in [1.29, 1.82) is 0 Å². The first-order valence-corrected chi connectivity index (χ1v) is 13.9. The number of hydroxylamine groups is 1. The number of hydrogen-bond donors (Lipinski definition) is 4. The Labute approximate surface area is 217 Å². The Hall–Kier alpha value is -2.43. The average molecular weight is 505 g/mol. The van der Waals surface area contributed by atoms with Crippen LogP contribution in [0, 0.1) is 5.92 Å². The molecule has 10 heteroatoms. The van der Waals surface area contributed by atoms with Gasteiger partial charge in [0.05, 0.1) is 12.6 Å². The van der Waals surface area contributed by atoms with Crippen LogP contribution in [0.5, 0.6) is 5.88 Å². The van der Waals surface area contributed by atoms with Gasteiger partial charge in [0.1, 0.15) is 18.2 Å². The second kappa shape index (κ2) is 17.1. The molecule has 0 radical (unpaired) electrons. The Balaban J connectivity index is 0.00000109. The fraction of sp³-hybridized carbons (Fsp3) is 0.731. The number of anilines is 1. The minimum absolute atomic E-state index is 0.189. The highest BCUT2D eigenvalue weighted by atomic mass is 16.7. The molecule has 3 heterocycles. The summed E-state index contributed by atoms with van der Waals surface area (Å²) in [6.07, 6.45) is 7.94. The number of nitrogens with zero attached hydrogens (tertiary/aromatic N) is 4. The third kappa shape index (κ3) is 11.1. The average Bonchev–Trinajstić information content (AvgIpc) is 3.40. The molecule has 0 spiro atoms. The number of aromatic nitrogens is 2. The maximum atomic E-state index is 5.98. The second-order valence-corrected chi connectivity index (χ2v) is 8.64. The summed E-state index contributed by atoms with van der Waals surface area (Å²) in [6, 6.07) is 1.98. The van der Waals surface area contributed by atoms with E-state index in [-0.39, 0.29) is 6.04 Å². The van der Waals surface area contributed by atoms with Gasteiger partial charge in [-0.05, 0) is 57.7 Å². The van der Waals surface area contributed by atoms with E-state index < -0.39 is 0 Å². The van der Waals surface area contributed by atoms with Gasteiger partial charge in [-0.15, -0.1) is 0 Å². The minimum Gasteiger partial charge on any atom is -0.476 e. The molecule has 3 aliphatic rings. The largest absolute Gasteiger partial charge is 0.476 e. The summed E-state index contributed by atoms with van der Waals surface area (Å²) in [5, 5.41) is 3.23. The summed E-state index contributed by atoms with van der Waals surface area (Å²) in [5.41, 5.74) is 9.41. The zero-order valence-electron chi connectivity index (χ0n) is 23.2. The zero-order chi connectivity index (χ0) is 26.2. The molecule has 1 atom stereocenters. The highest BCUT2D eigenvalue weighted by molar-refractivity contribution is 5.83. The molecule has 1 aromatic heterocycles. The van der Waals surface area contributed by atoms with E-state index >= 15 is 0 Å². The van der Waals surface area contributed by atoms with Crippen LogP contribution in [0.15, 0.2) is 22.9 Å². The first kappa shape index (κ1) is 29.8. The molecule has 2 aliphatic heterocycles. The van der Waals surface area contributed by atoms with Gasteiger partial charge in [-0.2, -0.15) is 15.4 Å². The molecule has 1 aromatic rings. The van der Waals surface area contributed by atoms with Crippen LogP contribution < -0.4 is 26.4 Å². The first-order valence-electron chi connectivity index (χ1n) is 13.9. The summed E-state index contributed by atoms with van der Waals surface area (Å²) >= 11 is 0. The van der Waals surface area contributed by atoms with Crippen LogP contribution >= 0.6 is 0 Å². The number of hydrazine groups is 1. The highest BCUT2D eigenvalue weighted by Gasteiger charge is 2.20. The molecule has 0 bridgehead atoms. The van der Waals surface area contributed by atoms with Gasteiger partial charge >= 0.3 is 0 Å². The molecule has 1 saturated heterocycles. The normalized spacial score (nSPS) is 19.3. The van der Waals surface area contributed by atoms with E-state index in [2.05, 4.69) is 43.4 Å². The third-order valence-electron chi connectivity index (χ3n) is 5.68. The molecule has 36 heavy (non-hydrogen) atoms. The Kier molecular flexibility index (Phi) is 14.2. The van der Waals surface area contributed by atoms with Crippen molar-refractivity contribution in [3.05, 3.63) is 17.9 Å². The predicted molar refractivity (Wildman–Crippen MR) is 147 cm³/mol. The van der Waals surface area contributed by atoms with Gasteiger partial charge in [0.2, 0.25) is 11.8 Å². The summed E-state index contributed by atoms with van der Waals surface area (Å²) in [5.74, 6) is 3.98. The molecule has 10 nitrogen and oxygen atoms in total. The van der Waals surface area contributed by atoms with Gasteiger partial charge in [-0.25, -0.2) is 10.4 Å². The van der Waals surface area contributed by atoms with Gasteiger partial charge in [-0.3, -0.25) is 4.90 Å². The molecular formula is C26H48N8O2. The van der Waals surface area contributed by atoms with Gasteiger partial charge in [0, 0.05) is 25.6 Å². The van der Waals surface area contributed by atoms with Crippen molar-refractivity contribution < 1.29 is 9.57 Å². The third-order valence-corrected chi connectivity index (χ3v) is 5.68. The summed E-state index contributed by atoms with van der Waals surface area (Å²) in [6.45, 7) is 17.3. The zero-order valence-corrected chi connectivity index (χ0v) is 23.2. The molecular weight excluding hydrogens is 456 g/mol. The fourth-order valence-electron chi connectivity index (χ4n) is 3.64. The van der Waals surface area contributed by atoms with E-state index in [9.17, 15) is 0 Å². The lowest BCUT2D eigenvalue weighted by Gasteiger charge is -2.15. The summed E-state index contributed by atoms with van der Waals surface area (Å²) < 4.78 is 5.98. The Morgan fingerprint density at radius 2 is 1.94 bits per heavy atom. The maximum Gasteiger partial charge on any atom is 0.228 e. The van der Waals surface area contributed by atoms with Gasteiger partial charge in [-0.1, -0.05) is 34.6 Å². The monoisotopic (exact) mass is 504 g/mol. The fourth-order valence-corrected chi connectivity index (χ4v) is 3.64.